The first kappa shape index (κ1) is 19.5. The van der Waals surface area contributed by atoms with Crippen molar-refractivity contribution < 1.29 is 12.8 Å². The molecule has 1 aliphatic heterocycles. The van der Waals surface area contributed by atoms with Gasteiger partial charge in [-0.1, -0.05) is 6.07 Å². The van der Waals surface area contributed by atoms with E-state index >= 15 is 0 Å². The Balaban J connectivity index is 1.46. The van der Waals surface area contributed by atoms with Crippen molar-refractivity contribution in [2.24, 2.45) is 0 Å². The van der Waals surface area contributed by atoms with Crippen molar-refractivity contribution in [3.63, 3.8) is 0 Å². The van der Waals surface area contributed by atoms with Crippen LogP contribution in [0.1, 0.15) is 11.3 Å². The average molecular weight is 416 g/mol. The molecule has 152 valence electrons. The molecule has 1 fully saturated rings. The van der Waals surface area contributed by atoms with Crippen molar-refractivity contribution in [1.82, 2.24) is 24.3 Å². The molecule has 29 heavy (non-hydrogen) atoms. The summed E-state index contributed by atoms with van der Waals surface area (Å²) in [5.41, 5.74) is 1.42. The van der Waals surface area contributed by atoms with Gasteiger partial charge in [0.2, 0.25) is 10.0 Å². The van der Waals surface area contributed by atoms with Gasteiger partial charge in [0.05, 0.1) is 10.6 Å². The first-order valence-corrected chi connectivity index (χ1v) is 10.7. The number of piperazine rings is 1. The summed E-state index contributed by atoms with van der Waals surface area (Å²) >= 11 is 0. The molecular formula is C19H21FN6O2S. The van der Waals surface area contributed by atoms with E-state index in [9.17, 15) is 12.8 Å². The van der Waals surface area contributed by atoms with Crippen molar-refractivity contribution >= 4 is 15.8 Å². The van der Waals surface area contributed by atoms with Crippen LogP contribution in [-0.2, 0) is 10.0 Å². The number of hydrogen-bond donors (Lipinski definition) is 0. The zero-order valence-electron chi connectivity index (χ0n) is 16.2. The van der Waals surface area contributed by atoms with Crippen molar-refractivity contribution in [2.45, 2.75) is 18.7 Å². The molecule has 1 aromatic carbocycles. The van der Waals surface area contributed by atoms with Gasteiger partial charge in [0.25, 0.3) is 0 Å². The number of halogens is 1. The number of rotatable bonds is 4. The molecule has 0 atom stereocenters. The normalized spacial score (nSPS) is 15.6. The summed E-state index contributed by atoms with van der Waals surface area (Å²) in [4.78, 5) is 2.00. The van der Waals surface area contributed by atoms with Gasteiger partial charge < -0.3 is 4.90 Å². The van der Waals surface area contributed by atoms with Crippen LogP contribution in [0.4, 0.5) is 10.2 Å². The van der Waals surface area contributed by atoms with Crippen LogP contribution >= 0.6 is 0 Å². The quantitative estimate of drug-likeness (QED) is 0.646. The topological polar surface area (TPSA) is 84.2 Å². The summed E-state index contributed by atoms with van der Waals surface area (Å²) in [6, 6.07) is 9.39. The summed E-state index contributed by atoms with van der Waals surface area (Å²) in [5.74, 6) is 0.733. The summed E-state index contributed by atoms with van der Waals surface area (Å²) in [7, 11) is -3.74. The number of anilines is 1. The van der Waals surface area contributed by atoms with E-state index < -0.39 is 15.8 Å². The van der Waals surface area contributed by atoms with E-state index in [0.717, 1.165) is 11.8 Å². The number of nitrogens with zero attached hydrogens (tertiary/aromatic N) is 6. The maximum Gasteiger partial charge on any atom is 0.243 e. The van der Waals surface area contributed by atoms with Crippen molar-refractivity contribution in [3.8, 4) is 5.82 Å². The van der Waals surface area contributed by atoms with Crippen LogP contribution in [0, 0.1) is 19.7 Å². The highest BCUT2D eigenvalue weighted by molar-refractivity contribution is 7.89. The highest BCUT2D eigenvalue weighted by Gasteiger charge is 2.30. The smallest absolute Gasteiger partial charge is 0.243 e. The van der Waals surface area contributed by atoms with Crippen molar-refractivity contribution in [3.05, 3.63) is 59.7 Å². The van der Waals surface area contributed by atoms with E-state index in [-0.39, 0.29) is 4.90 Å². The van der Waals surface area contributed by atoms with Gasteiger partial charge in [-0.25, -0.2) is 17.5 Å². The second kappa shape index (κ2) is 7.53. The molecular weight excluding hydrogens is 395 g/mol. The molecule has 0 radical (unpaired) electrons. The van der Waals surface area contributed by atoms with Gasteiger partial charge >= 0.3 is 0 Å². The van der Waals surface area contributed by atoms with Crippen LogP contribution < -0.4 is 4.90 Å². The lowest BCUT2D eigenvalue weighted by atomic mass is 10.2. The first-order valence-electron chi connectivity index (χ1n) is 9.22. The third kappa shape index (κ3) is 3.85. The Morgan fingerprint density at radius 2 is 1.62 bits per heavy atom. The zero-order valence-corrected chi connectivity index (χ0v) is 17.0. The Hall–Kier alpha value is -2.85. The number of aromatic nitrogens is 4. The average Bonchev–Trinajstić information content (AvgIpc) is 3.16. The van der Waals surface area contributed by atoms with Gasteiger partial charge in [0.1, 0.15) is 5.82 Å². The van der Waals surface area contributed by atoms with Gasteiger partial charge in [-0.15, -0.1) is 10.2 Å². The Bertz CT molecular complexity index is 1120. The molecule has 3 heterocycles. The van der Waals surface area contributed by atoms with Crippen LogP contribution in [0.5, 0.6) is 0 Å². The fourth-order valence-electron chi connectivity index (χ4n) is 3.30. The van der Waals surface area contributed by atoms with Gasteiger partial charge in [0, 0.05) is 32.4 Å². The summed E-state index contributed by atoms with van der Waals surface area (Å²) in [5, 5.41) is 12.8. The van der Waals surface area contributed by atoms with Crippen molar-refractivity contribution in [2.75, 3.05) is 31.1 Å². The Kier molecular flexibility index (Phi) is 5.05. The molecule has 10 heteroatoms. The highest BCUT2D eigenvalue weighted by atomic mass is 32.2. The second-order valence-electron chi connectivity index (χ2n) is 6.95. The molecule has 0 N–H and O–H groups in total. The van der Waals surface area contributed by atoms with Gasteiger partial charge in [-0.2, -0.15) is 9.40 Å². The third-order valence-electron chi connectivity index (χ3n) is 4.92. The fraction of sp³-hybridized carbons (Fsp3) is 0.316. The first-order chi connectivity index (χ1) is 13.8. The third-order valence-corrected chi connectivity index (χ3v) is 6.96. The second-order valence-corrected chi connectivity index (χ2v) is 8.86. The maximum absolute atomic E-state index is 13.6. The van der Waals surface area contributed by atoms with E-state index in [0.29, 0.717) is 43.4 Å². The molecule has 4 rings (SSSR count). The lowest BCUT2D eigenvalue weighted by Gasteiger charge is -2.34. The lowest BCUT2D eigenvalue weighted by Crippen LogP contribution is -2.49. The van der Waals surface area contributed by atoms with Gasteiger partial charge in [-0.05, 0) is 49.7 Å². The lowest BCUT2D eigenvalue weighted by molar-refractivity contribution is 0.383. The minimum Gasteiger partial charge on any atom is -0.352 e. The summed E-state index contributed by atoms with van der Waals surface area (Å²) in [6.45, 7) is 5.10. The molecule has 1 saturated heterocycles. The van der Waals surface area contributed by atoms with E-state index in [4.69, 9.17) is 0 Å². The maximum atomic E-state index is 13.6. The number of sulfonamides is 1. The molecule has 8 nitrogen and oxygen atoms in total. The molecule has 0 bridgehead atoms. The van der Waals surface area contributed by atoms with Crippen LogP contribution in [0.3, 0.4) is 0 Å². The molecule has 0 amide bonds. The molecule has 3 aromatic rings. The Morgan fingerprint density at radius 3 is 2.24 bits per heavy atom. The zero-order chi connectivity index (χ0) is 20.6. The largest absolute Gasteiger partial charge is 0.352 e. The number of hydrogen-bond acceptors (Lipinski definition) is 6. The van der Waals surface area contributed by atoms with Crippen LogP contribution in [0.2, 0.25) is 0 Å². The molecule has 1 aliphatic rings. The summed E-state index contributed by atoms with van der Waals surface area (Å²) < 4.78 is 42.4. The van der Waals surface area contributed by atoms with E-state index in [1.54, 1.807) is 11.6 Å². The van der Waals surface area contributed by atoms with Gasteiger partial charge in [-0.3, -0.25) is 0 Å². The van der Waals surface area contributed by atoms with Gasteiger partial charge in [0.15, 0.2) is 11.6 Å². The number of benzene rings is 1. The minimum absolute atomic E-state index is 0.0182. The van der Waals surface area contributed by atoms with E-state index in [1.807, 2.05) is 36.2 Å². The Morgan fingerprint density at radius 1 is 0.931 bits per heavy atom. The molecule has 2 aromatic heterocycles. The predicted molar refractivity (Wildman–Crippen MR) is 106 cm³/mol. The molecule has 0 aliphatic carbocycles. The van der Waals surface area contributed by atoms with E-state index in [2.05, 4.69) is 15.3 Å². The SMILES string of the molecule is Cc1ccn(-c2ccc(N3CCN(S(=O)(=O)c4cc(F)ccc4C)CC3)nn2)n1. The minimum atomic E-state index is -3.74. The highest BCUT2D eigenvalue weighted by Crippen LogP contribution is 2.23. The Labute approximate surface area is 168 Å². The van der Waals surface area contributed by atoms with Crippen LogP contribution in [-0.4, -0.2) is 58.9 Å². The molecule has 0 unspecified atom stereocenters. The van der Waals surface area contributed by atoms with E-state index in [1.165, 1.54) is 16.4 Å². The molecule has 0 saturated carbocycles. The predicted octanol–water partition coefficient (Wildman–Crippen LogP) is 1.93. The van der Waals surface area contributed by atoms with Crippen molar-refractivity contribution in [1.29, 1.82) is 0 Å². The number of aryl methyl sites for hydroxylation is 2. The fourth-order valence-corrected chi connectivity index (χ4v) is 4.96. The molecule has 0 spiro atoms. The van der Waals surface area contributed by atoms with Crippen LogP contribution in [0.25, 0.3) is 5.82 Å². The standard InChI is InChI=1S/C19H21FN6O2S/c1-14-3-4-16(20)13-17(14)29(27,28)25-11-9-24(10-12-25)18-5-6-19(22-21-18)26-8-7-15(2)23-26/h3-8,13H,9-12H2,1-2H3. The summed E-state index contributed by atoms with van der Waals surface area (Å²) in [6.07, 6.45) is 1.82. The monoisotopic (exact) mass is 416 g/mol. The van der Waals surface area contributed by atoms with Crippen LogP contribution in [0.15, 0.2) is 47.5 Å².